The van der Waals surface area contributed by atoms with Gasteiger partial charge in [0.25, 0.3) is 0 Å². The Kier molecular flexibility index (Phi) is 2.44. The molecule has 0 spiro atoms. The van der Waals surface area contributed by atoms with Crippen molar-refractivity contribution >= 4 is 17.9 Å². The lowest BCUT2D eigenvalue weighted by Crippen LogP contribution is -2.23. The van der Waals surface area contributed by atoms with E-state index in [0.717, 1.165) is 23.2 Å². The van der Waals surface area contributed by atoms with Crippen LogP contribution in [0.25, 0.3) is 0 Å². The van der Waals surface area contributed by atoms with Gasteiger partial charge in [-0.1, -0.05) is 30.3 Å². The number of nitrogens with zero attached hydrogens (tertiary/aromatic N) is 3. The molecule has 0 fully saturated rings. The third-order valence-corrected chi connectivity index (χ3v) is 2.97. The van der Waals surface area contributed by atoms with Crippen LogP contribution in [-0.2, 0) is 11.8 Å². The molecule has 0 saturated heterocycles. The molecule has 3 rings (SSSR count). The van der Waals surface area contributed by atoms with Crippen LogP contribution >= 0.6 is 0 Å². The van der Waals surface area contributed by atoms with Gasteiger partial charge in [-0.2, -0.15) is 5.10 Å². The first-order valence-corrected chi connectivity index (χ1v) is 5.67. The first kappa shape index (κ1) is 10.7. The predicted molar refractivity (Wildman–Crippen MR) is 68.6 cm³/mol. The molecule has 1 aromatic carbocycles. The van der Waals surface area contributed by atoms with Gasteiger partial charge in [0.2, 0.25) is 0 Å². The van der Waals surface area contributed by atoms with E-state index in [4.69, 9.17) is 0 Å². The Hall–Kier alpha value is -2.43. The highest BCUT2D eigenvalue weighted by atomic mass is 16.1. The lowest BCUT2D eigenvalue weighted by Gasteiger charge is -2.19. The average Bonchev–Trinajstić information content (AvgIpc) is 2.81. The highest BCUT2D eigenvalue weighted by Crippen LogP contribution is 2.29. The summed E-state index contributed by atoms with van der Waals surface area (Å²) in [4.78, 5) is 15.5. The average molecular weight is 240 g/mol. The van der Waals surface area contributed by atoms with E-state index in [-0.39, 0.29) is 0 Å². The highest BCUT2D eigenvalue weighted by molar-refractivity contribution is 6.10. The normalized spacial score (nSPS) is 17.6. The number of hydrogen-bond donors (Lipinski definition) is 1. The summed E-state index contributed by atoms with van der Waals surface area (Å²) in [5, 5.41) is 7.36. The third-order valence-electron chi connectivity index (χ3n) is 2.97. The molecule has 1 N–H and O–H groups in total. The highest BCUT2D eigenvalue weighted by Gasteiger charge is 2.24. The summed E-state index contributed by atoms with van der Waals surface area (Å²) in [5.74, 6) is 1.52. The molecule has 1 aliphatic rings. The van der Waals surface area contributed by atoms with Crippen LogP contribution in [0.2, 0.25) is 0 Å². The van der Waals surface area contributed by atoms with E-state index in [0.29, 0.717) is 5.84 Å². The first-order chi connectivity index (χ1) is 8.79. The summed E-state index contributed by atoms with van der Waals surface area (Å²) in [7, 11) is 1.83. The minimum Gasteiger partial charge on any atom is -0.325 e. The number of aromatic nitrogens is 2. The standard InChI is InChI=1S/C13H12N4O/c1-17-13-10(7-14-17)11(8-18)15-12(16-13)9-5-3-2-4-6-9/h2-8,11H,1H3,(H,15,16). The van der Waals surface area contributed by atoms with Gasteiger partial charge < -0.3 is 10.1 Å². The SMILES string of the molecule is Cn1ncc2c1NC(c1ccccc1)=NC2C=O. The van der Waals surface area contributed by atoms with Gasteiger partial charge in [0, 0.05) is 18.2 Å². The zero-order valence-electron chi connectivity index (χ0n) is 9.87. The topological polar surface area (TPSA) is 59.3 Å². The zero-order valence-corrected chi connectivity index (χ0v) is 9.87. The number of benzene rings is 1. The molecule has 2 heterocycles. The van der Waals surface area contributed by atoms with E-state index < -0.39 is 6.04 Å². The minimum absolute atomic E-state index is 0.481. The van der Waals surface area contributed by atoms with Crippen molar-refractivity contribution < 1.29 is 4.79 Å². The largest absolute Gasteiger partial charge is 0.325 e. The lowest BCUT2D eigenvalue weighted by atomic mass is 10.1. The van der Waals surface area contributed by atoms with E-state index in [1.54, 1.807) is 10.9 Å². The van der Waals surface area contributed by atoms with Crippen LogP contribution in [0.4, 0.5) is 5.82 Å². The fourth-order valence-corrected chi connectivity index (χ4v) is 2.02. The Morgan fingerprint density at radius 2 is 2.11 bits per heavy atom. The van der Waals surface area contributed by atoms with Crippen molar-refractivity contribution in [3.63, 3.8) is 0 Å². The molecule has 1 atom stereocenters. The Balaban J connectivity index is 2.07. The van der Waals surface area contributed by atoms with Crippen LogP contribution < -0.4 is 5.32 Å². The second-order valence-corrected chi connectivity index (χ2v) is 4.12. The van der Waals surface area contributed by atoms with Crippen LogP contribution in [0.15, 0.2) is 41.5 Å². The molecule has 0 bridgehead atoms. The Bertz CT molecular complexity index is 615. The van der Waals surface area contributed by atoms with Gasteiger partial charge in [0.1, 0.15) is 24.0 Å². The van der Waals surface area contributed by atoms with Gasteiger partial charge in [0.15, 0.2) is 0 Å². The maximum absolute atomic E-state index is 11.1. The zero-order chi connectivity index (χ0) is 12.5. The summed E-state index contributed by atoms with van der Waals surface area (Å²) in [6.45, 7) is 0. The number of amidine groups is 1. The van der Waals surface area contributed by atoms with Gasteiger partial charge >= 0.3 is 0 Å². The molecule has 0 radical (unpaired) electrons. The smallest absolute Gasteiger partial charge is 0.149 e. The summed E-state index contributed by atoms with van der Waals surface area (Å²) < 4.78 is 1.71. The first-order valence-electron chi connectivity index (χ1n) is 5.67. The van der Waals surface area contributed by atoms with E-state index in [1.165, 1.54) is 0 Å². The third kappa shape index (κ3) is 1.60. The molecule has 5 nitrogen and oxygen atoms in total. The molecule has 0 amide bonds. The second-order valence-electron chi connectivity index (χ2n) is 4.12. The van der Waals surface area contributed by atoms with Crippen LogP contribution in [0.5, 0.6) is 0 Å². The fraction of sp³-hybridized carbons (Fsp3) is 0.154. The van der Waals surface area contributed by atoms with Crippen molar-refractivity contribution in [3.8, 4) is 0 Å². The van der Waals surface area contributed by atoms with E-state index in [2.05, 4.69) is 15.4 Å². The van der Waals surface area contributed by atoms with Gasteiger partial charge in [0.05, 0.1) is 6.20 Å². The molecular formula is C13H12N4O. The monoisotopic (exact) mass is 240 g/mol. The number of hydrogen-bond acceptors (Lipinski definition) is 4. The number of fused-ring (bicyclic) bond motifs is 1. The molecule has 0 aliphatic carbocycles. The van der Waals surface area contributed by atoms with Crippen molar-refractivity contribution in [2.45, 2.75) is 6.04 Å². The second kappa shape index (κ2) is 4.10. The van der Waals surface area contributed by atoms with Crippen LogP contribution in [0.3, 0.4) is 0 Å². The molecular weight excluding hydrogens is 228 g/mol. The van der Waals surface area contributed by atoms with E-state index in [1.807, 2.05) is 37.4 Å². The molecule has 1 aromatic heterocycles. The van der Waals surface area contributed by atoms with Gasteiger partial charge in [-0.15, -0.1) is 0 Å². The molecule has 0 saturated carbocycles. The van der Waals surface area contributed by atoms with Crippen LogP contribution in [0, 0.1) is 0 Å². The molecule has 5 heteroatoms. The minimum atomic E-state index is -0.481. The summed E-state index contributed by atoms with van der Waals surface area (Å²) >= 11 is 0. The van der Waals surface area contributed by atoms with Crippen molar-refractivity contribution in [3.05, 3.63) is 47.7 Å². The summed E-state index contributed by atoms with van der Waals surface area (Å²) in [6.07, 6.45) is 2.51. The fourth-order valence-electron chi connectivity index (χ4n) is 2.02. The number of nitrogens with one attached hydrogen (secondary N) is 1. The summed E-state index contributed by atoms with van der Waals surface area (Å²) in [5.41, 5.74) is 1.77. The number of aldehydes is 1. The van der Waals surface area contributed by atoms with Crippen LogP contribution in [-0.4, -0.2) is 21.9 Å². The maximum Gasteiger partial charge on any atom is 0.149 e. The Morgan fingerprint density at radius 1 is 1.33 bits per heavy atom. The number of anilines is 1. The molecule has 1 unspecified atom stereocenters. The number of aryl methyl sites for hydroxylation is 1. The van der Waals surface area contributed by atoms with Crippen molar-refractivity contribution in [1.82, 2.24) is 9.78 Å². The van der Waals surface area contributed by atoms with Gasteiger partial charge in [-0.25, -0.2) is 0 Å². The molecule has 90 valence electrons. The Labute approximate surface area is 104 Å². The molecule has 2 aromatic rings. The predicted octanol–water partition coefficient (Wildman–Crippen LogP) is 1.53. The van der Waals surface area contributed by atoms with E-state index >= 15 is 0 Å². The van der Waals surface area contributed by atoms with Crippen molar-refractivity contribution in [1.29, 1.82) is 0 Å². The number of carbonyl (C=O) groups is 1. The van der Waals surface area contributed by atoms with Gasteiger partial charge in [-0.05, 0) is 0 Å². The summed E-state index contributed by atoms with van der Waals surface area (Å²) in [6, 6.07) is 9.25. The molecule has 1 aliphatic heterocycles. The number of rotatable bonds is 2. The van der Waals surface area contributed by atoms with E-state index in [9.17, 15) is 4.79 Å². The molecule has 18 heavy (non-hydrogen) atoms. The number of aliphatic imine (C=N–C) groups is 1. The van der Waals surface area contributed by atoms with Crippen LogP contribution in [0.1, 0.15) is 17.2 Å². The Morgan fingerprint density at radius 3 is 2.83 bits per heavy atom. The van der Waals surface area contributed by atoms with Crippen molar-refractivity contribution in [2.75, 3.05) is 5.32 Å². The van der Waals surface area contributed by atoms with Gasteiger partial charge in [-0.3, -0.25) is 9.67 Å². The quantitative estimate of drug-likeness (QED) is 0.810. The van der Waals surface area contributed by atoms with Crippen molar-refractivity contribution in [2.24, 2.45) is 12.0 Å². The lowest BCUT2D eigenvalue weighted by molar-refractivity contribution is -0.108. The number of carbonyl (C=O) groups excluding carboxylic acids is 1. The maximum atomic E-state index is 11.1.